The lowest BCUT2D eigenvalue weighted by atomic mass is 9.43. The minimum absolute atomic E-state index is 0.0177. The molecule has 3 heteroatoms. The second kappa shape index (κ2) is 7.43. The van der Waals surface area contributed by atoms with Gasteiger partial charge in [0, 0.05) is 0 Å². The van der Waals surface area contributed by atoms with E-state index in [-0.39, 0.29) is 45.9 Å². The molecule has 2 N–H and O–H groups in total. The minimum Gasteiger partial charge on any atom is -0.393 e. The first-order valence-corrected chi connectivity index (χ1v) is 13.7. The number of aliphatic hydroxyl groups is 2. The fourth-order valence-electron chi connectivity index (χ4n) is 10.1. The lowest BCUT2D eigenvalue weighted by Crippen LogP contribution is -2.56. The highest BCUT2D eigenvalue weighted by Gasteiger charge is 2.68. The van der Waals surface area contributed by atoms with E-state index in [9.17, 15) is 10.2 Å². The average Bonchev–Trinajstić information content (AvgIpc) is 2.96. The van der Waals surface area contributed by atoms with Crippen LogP contribution in [0.25, 0.3) is 0 Å². The summed E-state index contributed by atoms with van der Waals surface area (Å²) in [6.07, 6.45) is 9.45. The number of allylic oxidation sites excluding steroid dienone is 3. The van der Waals surface area contributed by atoms with Gasteiger partial charge in [-0.3, -0.25) is 0 Å². The van der Waals surface area contributed by atoms with Gasteiger partial charge in [0.25, 0.3) is 0 Å². The second-order valence-electron chi connectivity index (χ2n) is 14.1. The van der Waals surface area contributed by atoms with E-state index in [0.717, 1.165) is 19.3 Å². The third-order valence-corrected chi connectivity index (χ3v) is 12.0. The quantitative estimate of drug-likeness (QED) is 0.447. The van der Waals surface area contributed by atoms with E-state index in [1.807, 2.05) is 0 Å². The van der Waals surface area contributed by atoms with Crippen LogP contribution >= 0.6 is 0 Å². The minimum atomic E-state index is -0.426. The topological polar surface area (TPSA) is 49.7 Å². The predicted octanol–water partition coefficient (Wildman–Crippen LogP) is 6.44. The maximum absolute atomic E-state index is 11.2. The first-order valence-electron chi connectivity index (χ1n) is 13.7. The molecule has 186 valence electrons. The lowest BCUT2D eigenvalue weighted by Gasteiger charge is -2.62. The molecule has 1 aliphatic heterocycles. The molecule has 0 amide bonds. The number of fused-ring (bicyclic) bond motifs is 6. The van der Waals surface area contributed by atoms with Crippen molar-refractivity contribution in [2.75, 3.05) is 0 Å². The molecule has 1 saturated heterocycles. The zero-order chi connectivity index (χ0) is 24.1. The van der Waals surface area contributed by atoms with Gasteiger partial charge in [-0.2, -0.15) is 0 Å². The molecule has 0 aromatic rings. The molecule has 0 spiro atoms. The maximum atomic E-state index is 11.2. The fourth-order valence-corrected chi connectivity index (χ4v) is 10.1. The van der Waals surface area contributed by atoms with Gasteiger partial charge in [0.1, 0.15) is 6.10 Å². The Morgan fingerprint density at radius 2 is 1.67 bits per heavy atom. The molecule has 0 aromatic carbocycles. The Labute approximate surface area is 202 Å². The predicted molar refractivity (Wildman–Crippen MR) is 134 cm³/mol. The average molecular weight is 457 g/mol. The smallest absolute Gasteiger partial charge is 0.102 e. The van der Waals surface area contributed by atoms with E-state index in [1.165, 1.54) is 31.3 Å². The van der Waals surface area contributed by atoms with Crippen LogP contribution in [0.15, 0.2) is 22.8 Å². The molecule has 4 aliphatic carbocycles. The Morgan fingerprint density at radius 1 is 0.970 bits per heavy atom. The molecule has 1 heterocycles. The van der Waals surface area contributed by atoms with E-state index in [0.29, 0.717) is 11.8 Å². The van der Waals surface area contributed by atoms with Crippen LogP contribution < -0.4 is 0 Å². The normalized spacial score (nSPS) is 53.0. The van der Waals surface area contributed by atoms with Gasteiger partial charge in [-0.05, 0) is 98.2 Å². The van der Waals surface area contributed by atoms with Gasteiger partial charge in [0.15, 0.2) is 0 Å². The molecular formula is C30H48O3. The van der Waals surface area contributed by atoms with Crippen molar-refractivity contribution in [3.63, 3.8) is 0 Å². The number of rotatable bonds is 1. The van der Waals surface area contributed by atoms with Crippen molar-refractivity contribution >= 4 is 0 Å². The maximum Gasteiger partial charge on any atom is 0.102 e. The van der Waals surface area contributed by atoms with Gasteiger partial charge < -0.3 is 14.9 Å². The Hall–Kier alpha value is -0.640. The standard InChI is InChI=1S/C30H48O3/c1-17(2)15-21-26(32)18(3)25-22(33-21)16-30(8)20-9-10-23-27(4,5)24(31)12-13-28(23,6)19(20)11-14-29(25,30)7/h15,18,21-26,31-32H,9-14,16H2,1-8H3. The van der Waals surface area contributed by atoms with E-state index >= 15 is 0 Å². The Morgan fingerprint density at radius 3 is 2.33 bits per heavy atom. The molecule has 5 rings (SSSR count). The van der Waals surface area contributed by atoms with Crippen molar-refractivity contribution in [2.24, 2.45) is 39.4 Å². The highest BCUT2D eigenvalue weighted by molar-refractivity contribution is 5.39. The van der Waals surface area contributed by atoms with E-state index in [4.69, 9.17) is 4.74 Å². The summed E-state index contributed by atoms with van der Waals surface area (Å²) < 4.78 is 6.70. The molecule has 0 aromatic heterocycles. The highest BCUT2D eigenvalue weighted by Crippen LogP contribution is 2.73. The molecule has 10 atom stereocenters. The summed E-state index contributed by atoms with van der Waals surface area (Å²) in [5, 5.41) is 22.1. The van der Waals surface area contributed by atoms with Crippen molar-refractivity contribution in [3.05, 3.63) is 22.8 Å². The second-order valence-corrected chi connectivity index (χ2v) is 14.1. The summed E-state index contributed by atoms with van der Waals surface area (Å²) in [7, 11) is 0. The first kappa shape index (κ1) is 24.1. The van der Waals surface area contributed by atoms with Crippen molar-refractivity contribution in [3.8, 4) is 0 Å². The number of aliphatic hydroxyl groups excluding tert-OH is 2. The zero-order valence-electron chi connectivity index (χ0n) is 22.4. The number of hydrogen-bond acceptors (Lipinski definition) is 3. The largest absolute Gasteiger partial charge is 0.393 e. The van der Waals surface area contributed by atoms with Gasteiger partial charge in [-0.1, -0.05) is 64.3 Å². The summed E-state index contributed by atoms with van der Waals surface area (Å²) in [6.45, 7) is 18.7. The molecule has 2 saturated carbocycles. The Bertz CT molecular complexity index is 881. The van der Waals surface area contributed by atoms with Gasteiger partial charge in [-0.25, -0.2) is 0 Å². The van der Waals surface area contributed by atoms with Gasteiger partial charge in [0.2, 0.25) is 0 Å². The third kappa shape index (κ3) is 3.04. The van der Waals surface area contributed by atoms with Crippen molar-refractivity contribution in [2.45, 2.75) is 125 Å². The summed E-state index contributed by atoms with van der Waals surface area (Å²) >= 11 is 0. The van der Waals surface area contributed by atoms with E-state index in [2.05, 4.69) is 61.5 Å². The number of hydrogen-bond donors (Lipinski definition) is 2. The lowest BCUT2D eigenvalue weighted by molar-refractivity contribution is -0.163. The van der Waals surface area contributed by atoms with Crippen LogP contribution in [-0.4, -0.2) is 34.6 Å². The van der Waals surface area contributed by atoms with Crippen LogP contribution in [0, 0.1) is 39.4 Å². The highest BCUT2D eigenvalue weighted by atomic mass is 16.5. The molecule has 3 fully saturated rings. The van der Waals surface area contributed by atoms with Crippen LogP contribution in [0.4, 0.5) is 0 Å². The zero-order valence-corrected chi connectivity index (χ0v) is 22.4. The third-order valence-electron chi connectivity index (χ3n) is 12.0. The molecule has 3 nitrogen and oxygen atoms in total. The summed E-state index contributed by atoms with van der Waals surface area (Å²) in [5.41, 5.74) is 5.20. The molecular weight excluding hydrogens is 408 g/mol. The Balaban J connectivity index is 1.56. The molecule has 0 radical (unpaired) electrons. The van der Waals surface area contributed by atoms with E-state index < -0.39 is 6.10 Å². The monoisotopic (exact) mass is 456 g/mol. The molecule has 33 heavy (non-hydrogen) atoms. The van der Waals surface area contributed by atoms with Gasteiger partial charge in [-0.15, -0.1) is 0 Å². The van der Waals surface area contributed by atoms with Crippen LogP contribution in [0.3, 0.4) is 0 Å². The van der Waals surface area contributed by atoms with Crippen LogP contribution in [-0.2, 0) is 4.74 Å². The summed E-state index contributed by atoms with van der Waals surface area (Å²) in [4.78, 5) is 0. The molecule has 5 aliphatic rings. The number of ether oxygens (including phenoxy) is 1. The van der Waals surface area contributed by atoms with Crippen molar-refractivity contribution in [1.82, 2.24) is 0 Å². The molecule has 0 bridgehead atoms. The van der Waals surface area contributed by atoms with Crippen molar-refractivity contribution < 1.29 is 14.9 Å². The van der Waals surface area contributed by atoms with Crippen molar-refractivity contribution in [1.29, 1.82) is 0 Å². The summed E-state index contributed by atoms with van der Waals surface area (Å²) in [6, 6.07) is 0. The SMILES string of the molecule is CC(C)=CC1OC2CC3(C)C4=C(CCC3(C)C2C(C)C1O)C1(C)CCC(O)C(C)(C)C1CC4. The summed E-state index contributed by atoms with van der Waals surface area (Å²) in [5.74, 6) is 1.21. The van der Waals surface area contributed by atoms with Crippen LogP contribution in [0.1, 0.15) is 100 Å². The van der Waals surface area contributed by atoms with Gasteiger partial charge in [0.05, 0.1) is 18.3 Å². The van der Waals surface area contributed by atoms with Crippen LogP contribution in [0.5, 0.6) is 0 Å². The van der Waals surface area contributed by atoms with Gasteiger partial charge >= 0.3 is 0 Å². The molecule has 10 unspecified atom stereocenters. The van der Waals surface area contributed by atoms with E-state index in [1.54, 1.807) is 11.1 Å². The first-order chi connectivity index (χ1) is 15.3. The Kier molecular flexibility index (Phi) is 5.42. The van der Waals surface area contributed by atoms with Crippen LogP contribution in [0.2, 0.25) is 0 Å². The fraction of sp³-hybridized carbons (Fsp3) is 0.867.